The SMILES string of the molecule is CC(C)(O)c1cc2sncc2cc1N. The van der Waals surface area contributed by atoms with Crippen molar-refractivity contribution in [2.75, 3.05) is 5.73 Å². The number of rotatable bonds is 1. The first kappa shape index (κ1) is 9.43. The van der Waals surface area contributed by atoms with E-state index in [1.807, 2.05) is 12.1 Å². The number of nitrogens with two attached hydrogens (primary N) is 1. The molecule has 0 radical (unpaired) electrons. The van der Waals surface area contributed by atoms with E-state index in [9.17, 15) is 5.11 Å². The highest BCUT2D eigenvalue weighted by Crippen LogP contribution is 2.31. The van der Waals surface area contributed by atoms with Crippen molar-refractivity contribution in [3.63, 3.8) is 0 Å². The summed E-state index contributed by atoms with van der Waals surface area (Å²) in [4.78, 5) is 0. The fourth-order valence-corrected chi connectivity index (χ4v) is 2.13. The Bertz CT molecular complexity index is 470. The third-order valence-corrected chi connectivity index (χ3v) is 2.94. The van der Waals surface area contributed by atoms with Gasteiger partial charge in [0.2, 0.25) is 0 Å². The second-order valence-electron chi connectivity index (χ2n) is 3.86. The third-order valence-electron chi connectivity index (χ3n) is 2.18. The van der Waals surface area contributed by atoms with E-state index < -0.39 is 5.60 Å². The molecule has 1 aromatic carbocycles. The number of aromatic nitrogens is 1. The van der Waals surface area contributed by atoms with Gasteiger partial charge in [-0.3, -0.25) is 0 Å². The normalized spacial score (nSPS) is 12.2. The fourth-order valence-electron chi connectivity index (χ4n) is 1.46. The zero-order valence-corrected chi connectivity index (χ0v) is 8.93. The van der Waals surface area contributed by atoms with Crippen LogP contribution in [0, 0.1) is 0 Å². The van der Waals surface area contributed by atoms with Crippen molar-refractivity contribution in [3.05, 3.63) is 23.9 Å². The maximum absolute atomic E-state index is 9.87. The molecule has 0 atom stereocenters. The largest absolute Gasteiger partial charge is 0.398 e. The summed E-state index contributed by atoms with van der Waals surface area (Å²) in [6.45, 7) is 3.46. The Morgan fingerprint density at radius 2 is 2.14 bits per heavy atom. The summed E-state index contributed by atoms with van der Waals surface area (Å²) in [5, 5.41) is 10.9. The summed E-state index contributed by atoms with van der Waals surface area (Å²) in [7, 11) is 0. The molecule has 0 bridgehead atoms. The number of anilines is 1. The van der Waals surface area contributed by atoms with Gasteiger partial charge in [0.25, 0.3) is 0 Å². The molecule has 74 valence electrons. The molecule has 14 heavy (non-hydrogen) atoms. The number of nitrogens with zero attached hydrogens (tertiary/aromatic N) is 1. The zero-order chi connectivity index (χ0) is 10.3. The van der Waals surface area contributed by atoms with Crippen molar-refractivity contribution in [1.29, 1.82) is 0 Å². The van der Waals surface area contributed by atoms with E-state index >= 15 is 0 Å². The first-order valence-corrected chi connectivity index (χ1v) is 5.12. The Kier molecular flexibility index (Phi) is 1.97. The molecular weight excluding hydrogens is 196 g/mol. The first-order chi connectivity index (χ1) is 6.48. The molecular formula is C10H12N2OS. The summed E-state index contributed by atoms with van der Waals surface area (Å²) in [6, 6.07) is 3.76. The van der Waals surface area contributed by atoms with Crippen molar-refractivity contribution in [2.24, 2.45) is 0 Å². The molecule has 1 aromatic heterocycles. The lowest BCUT2D eigenvalue weighted by Crippen LogP contribution is -2.17. The van der Waals surface area contributed by atoms with E-state index in [0.29, 0.717) is 5.69 Å². The standard InChI is InChI=1S/C10H12N2OS/c1-10(2,13)7-4-9-6(3-8(7)11)5-12-14-9/h3-5,13H,11H2,1-2H3. The van der Waals surface area contributed by atoms with E-state index in [1.54, 1.807) is 20.0 Å². The maximum Gasteiger partial charge on any atom is 0.0860 e. The minimum absolute atomic E-state index is 0.616. The summed E-state index contributed by atoms with van der Waals surface area (Å²) in [6.07, 6.45) is 1.78. The second kappa shape index (κ2) is 2.93. The Morgan fingerprint density at radius 1 is 1.43 bits per heavy atom. The fraction of sp³-hybridized carbons (Fsp3) is 0.300. The van der Waals surface area contributed by atoms with Gasteiger partial charge in [-0.25, -0.2) is 0 Å². The smallest absolute Gasteiger partial charge is 0.0860 e. The van der Waals surface area contributed by atoms with Crippen LogP contribution in [0.2, 0.25) is 0 Å². The van der Waals surface area contributed by atoms with Crippen LogP contribution in [0.1, 0.15) is 19.4 Å². The van der Waals surface area contributed by atoms with E-state index in [1.165, 1.54) is 11.5 Å². The molecule has 4 heteroatoms. The summed E-state index contributed by atoms with van der Waals surface area (Å²) in [5.74, 6) is 0. The van der Waals surface area contributed by atoms with Crippen molar-refractivity contribution in [3.8, 4) is 0 Å². The number of aliphatic hydroxyl groups is 1. The minimum atomic E-state index is -0.901. The van der Waals surface area contributed by atoms with Gasteiger partial charge in [0.05, 0.1) is 10.3 Å². The lowest BCUT2D eigenvalue weighted by molar-refractivity contribution is 0.0795. The van der Waals surface area contributed by atoms with Crippen molar-refractivity contribution >= 4 is 27.3 Å². The van der Waals surface area contributed by atoms with Gasteiger partial charge in [-0.1, -0.05) is 0 Å². The van der Waals surface area contributed by atoms with Gasteiger partial charge in [0.1, 0.15) is 0 Å². The zero-order valence-electron chi connectivity index (χ0n) is 8.11. The van der Waals surface area contributed by atoms with E-state index in [0.717, 1.165) is 15.6 Å². The predicted octanol–water partition coefficient (Wildman–Crippen LogP) is 2.11. The number of nitrogen functional groups attached to an aromatic ring is 1. The van der Waals surface area contributed by atoms with Crippen LogP contribution in [0.15, 0.2) is 18.3 Å². The molecule has 2 aromatic rings. The Hall–Kier alpha value is -1.13. The molecule has 0 spiro atoms. The number of hydrogen-bond acceptors (Lipinski definition) is 4. The Balaban J connectivity index is 2.71. The van der Waals surface area contributed by atoms with E-state index in [-0.39, 0.29) is 0 Å². The molecule has 0 aliphatic carbocycles. The van der Waals surface area contributed by atoms with Crippen LogP contribution in [0.5, 0.6) is 0 Å². The second-order valence-corrected chi connectivity index (χ2v) is 4.70. The molecule has 0 saturated carbocycles. The first-order valence-electron chi connectivity index (χ1n) is 4.35. The topological polar surface area (TPSA) is 59.1 Å². The number of hydrogen-bond donors (Lipinski definition) is 2. The van der Waals surface area contributed by atoms with Crippen molar-refractivity contribution < 1.29 is 5.11 Å². The molecule has 1 heterocycles. The average Bonchev–Trinajstić information content (AvgIpc) is 2.47. The predicted molar refractivity (Wildman–Crippen MR) is 59.3 cm³/mol. The van der Waals surface area contributed by atoms with Crippen LogP contribution in [0.4, 0.5) is 5.69 Å². The maximum atomic E-state index is 9.87. The van der Waals surface area contributed by atoms with Crippen LogP contribution in [-0.4, -0.2) is 9.48 Å². The lowest BCUT2D eigenvalue weighted by Gasteiger charge is -2.19. The molecule has 0 fully saturated rings. The van der Waals surface area contributed by atoms with Crippen LogP contribution < -0.4 is 5.73 Å². The molecule has 2 rings (SSSR count). The highest BCUT2D eigenvalue weighted by Gasteiger charge is 2.19. The van der Waals surface area contributed by atoms with Gasteiger partial charge in [0.15, 0.2) is 0 Å². The molecule has 3 N–H and O–H groups in total. The monoisotopic (exact) mass is 208 g/mol. The molecule has 0 aliphatic heterocycles. The van der Waals surface area contributed by atoms with E-state index in [4.69, 9.17) is 5.73 Å². The van der Waals surface area contributed by atoms with Crippen LogP contribution >= 0.6 is 11.5 Å². The highest BCUT2D eigenvalue weighted by atomic mass is 32.1. The van der Waals surface area contributed by atoms with Gasteiger partial charge >= 0.3 is 0 Å². The summed E-state index contributed by atoms with van der Waals surface area (Å²) >= 11 is 1.41. The van der Waals surface area contributed by atoms with Crippen molar-refractivity contribution in [2.45, 2.75) is 19.4 Å². The van der Waals surface area contributed by atoms with Crippen LogP contribution in [-0.2, 0) is 5.60 Å². The highest BCUT2D eigenvalue weighted by molar-refractivity contribution is 7.13. The van der Waals surface area contributed by atoms with Crippen LogP contribution in [0.3, 0.4) is 0 Å². The molecule has 0 unspecified atom stereocenters. The lowest BCUT2D eigenvalue weighted by atomic mass is 9.96. The number of benzene rings is 1. The molecule has 0 aliphatic rings. The molecule has 3 nitrogen and oxygen atoms in total. The summed E-state index contributed by atoms with van der Waals surface area (Å²) < 4.78 is 5.12. The van der Waals surface area contributed by atoms with E-state index in [2.05, 4.69) is 4.37 Å². The quantitative estimate of drug-likeness (QED) is 0.706. The van der Waals surface area contributed by atoms with Gasteiger partial charge in [-0.2, -0.15) is 4.37 Å². The van der Waals surface area contributed by atoms with Crippen molar-refractivity contribution in [1.82, 2.24) is 4.37 Å². The van der Waals surface area contributed by atoms with Gasteiger partial charge < -0.3 is 10.8 Å². The average molecular weight is 208 g/mol. The molecule has 0 saturated heterocycles. The van der Waals surface area contributed by atoms with Gasteiger partial charge in [-0.15, -0.1) is 0 Å². The molecule has 0 amide bonds. The summed E-state index contributed by atoms with van der Waals surface area (Å²) in [5.41, 5.74) is 6.32. The third kappa shape index (κ3) is 1.47. The van der Waals surface area contributed by atoms with Gasteiger partial charge in [0, 0.05) is 22.8 Å². The Labute approximate surface area is 86.3 Å². The minimum Gasteiger partial charge on any atom is -0.398 e. The van der Waals surface area contributed by atoms with Gasteiger partial charge in [-0.05, 0) is 37.5 Å². The number of fused-ring (bicyclic) bond motifs is 1. The van der Waals surface area contributed by atoms with Crippen LogP contribution in [0.25, 0.3) is 10.1 Å². The Morgan fingerprint density at radius 3 is 2.79 bits per heavy atom.